The molecule has 0 saturated carbocycles. The molecule has 3 N–H and O–H groups in total. The average Bonchev–Trinajstić information content (AvgIpc) is 2.88. The van der Waals surface area contributed by atoms with Crippen LogP contribution in [0.3, 0.4) is 0 Å². The Kier molecular flexibility index (Phi) is 4.76. The highest BCUT2D eigenvalue weighted by Gasteiger charge is 2.38. The Balaban J connectivity index is 2.04. The third-order valence-corrected chi connectivity index (χ3v) is 4.12. The summed E-state index contributed by atoms with van der Waals surface area (Å²) in [4.78, 5) is 28.0. The van der Waals surface area contributed by atoms with E-state index in [-0.39, 0.29) is 23.9 Å². The molecule has 6 nitrogen and oxygen atoms in total. The van der Waals surface area contributed by atoms with Crippen molar-refractivity contribution in [3.63, 3.8) is 0 Å². The fourth-order valence-electron chi connectivity index (χ4n) is 3.12. The van der Waals surface area contributed by atoms with Crippen molar-refractivity contribution < 1.29 is 9.59 Å². The molecule has 2 aliphatic rings. The maximum atomic E-state index is 12.6. The molecule has 2 amide bonds. The van der Waals surface area contributed by atoms with Crippen LogP contribution < -0.4 is 11.1 Å². The number of piperazine rings is 1. The van der Waals surface area contributed by atoms with Gasteiger partial charge in [0.2, 0.25) is 11.8 Å². The van der Waals surface area contributed by atoms with E-state index >= 15 is 0 Å². The lowest BCUT2D eigenvalue weighted by Crippen LogP contribution is -2.56. The van der Waals surface area contributed by atoms with Crippen LogP contribution in [0.15, 0.2) is 0 Å². The Bertz CT molecular complexity index is 342. The molecule has 19 heavy (non-hydrogen) atoms. The van der Waals surface area contributed by atoms with Crippen molar-refractivity contribution in [1.82, 2.24) is 15.1 Å². The first-order chi connectivity index (χ1) is 9.15. The normalized spacial score (nSPS) is 26.4. The Hall–Kier alpha value is -1.14. The van der Waals surface area contributed by atoms with E-state index in [1.807, 2.05) is 16.7 Å². The highest BCUT2D eigenvalue weighted by molar-refractivity contribution is 5.85. The van der Waals surface area contributed by atoms with E-state index < -0.39 is 0 Å². The van der Waals surface area contributed by atoms with Crippen LogP contribution in [0, 0.1) is 0 Å². The largest absolute Gasteiger partial charge is 0.368 e. The molecule has 2 rings (SSSR count). The summed E-state index contributed by atoms with van der Waals surface area (Å²) in [5.41, 5.74) is 5.45. The molecular formula is C13H24N4O2. The van der Waals surface area contributed by atoms with E-state index in [1.165, 1.54) is 0 Å². The maximum absolute atomic E-state index is 12.6. The van der Waals surface area contributed by atoms with Crippen LogP contribution in [0.5, 0.6) is 0 Å². The first-order valence-corrected chi connectivity index (χ1v) is 7.19. The number of nitrogens with one attached hydrogen (secondary N) is 1. The summed E-state index contributed by atoms with van der Waals surface area (Å²) in [5, 5.41) is 3.24. The Morgan fingerprint density at radius 1 is 1.32 bits per heavy atom. The molecule has 2 aliphatic heterocycles. The molecule has 108 valence electrons. The predicted molar refractivity (Wildman–Crippen MR) is 72.5 cm³/mol. The van der Waals surface area contributed by atoms with Gasteiger partial charge in [-0.15, -0.1) is 0 Å². The fourth-order valence-corrected chi connectivity index (χ4v) is 3.12. The molecule has 0 aromatic rings. The number of carbonyl (C=O) groups excluding carboxylic acids is 2. The van der Waals surface area contributed by atoms with E-state index in [9.17, 15) is 9.59 Å². The van der Waals surface area contributed by atoms with Crippen LogP contribution in [0.4, 0.5) is 0 Å². The van der Waals surface area contributed by atoms with Gasteiger partial charge in [-0.3, -0.25) is 14.5 Å². The zero-order valence-corrected chi connectivity index (χ0v) is 11.6. The molecule has 2 fully saturated rings. The summed E-state index contributed by atoms with van der Waals surface area (Å²) in [6, 6.07) is -0.463. The predicted octanol–water partition coefficient (Wildman–Crippen LogP) is -0.853. The molecule has 0 aliphatic carbocycles. The summed E-state index contributed by atoms with van der Waals surface area (Å²) < 4.78 is 0. The van der Waals surface area contributed by atoms with E-state index in [2.05, 4.69) is 5.32 Å². The maximum Gasteiger partial charge on any atom is 0.240 e. The van der Waals surface area contributed by atoms with Crippen molar-refractivity contribution in [2.75, 3.05) is 32.7 Å². The number of nitrogens with two attached hydrogens (primary N) is 1. The minimum atomic E-state index is -0.317. The van der Waals surface area contributed by atoms with Gasteiger partial charge in [0.05, 0.1) is 12.1 Å². The van der Waals surface area contributed by atoms with Crippen LogP contribution in [0.25, 0.3) is 0 Å². The van der Waals surface area contributed by atoms with E-state index in [1.54, 1.807) is 0 Å². The molecule has 0 aromatic carbocycles. The highest BCUT2D eigenvalue weighted by atomic mass is 16.2. The van der Waals surface area contributed by atoms with Crippen LogP contribution >= 0.6 is 0 Å². The molecule has 2 heterocycles. The average molecular weight is 268 g/mol. The van der Waals surface area contributed by atoms with Gasteiger partial charge in [0.25, 0.3) is 0 Å². The Morgan fingerprint density at radius 2 is 2.00 bits per heavy atom. The van der Waals surface area contributed by atoms with E-state index in [0.717, 1.165) is 45.6 Å². The number of carbonyl (C=O) groups is 2. The van der Waals surface area contributed by atoms with E-state index in [0.29, 0.717) is 6.42 Å². The molecule has 0 radical (unpaired) electrons. The molecule has 2 unspecified atom stereocenters. The lowest BCUT2D eigenvalue weighted by molar-refractivity contribution is -0.138. The van der Waals surface area contributed by atoms with Gasteiger partial charge in [-0.1, -0.05) is 6.92 Å². The van der Waals surface area contributed by atoms with Gasteiger partial charge in [-0.2, -0.15) is 0 Å². The van der Waals surface area contributed by atoms with Crippen molar-refractivity contribution >= 4 is 11.8 Å². The summed E-state index contributed by atoms with van der Waals surface area (Å²) >= 11 is 0. The standard InChI is InChI=1S/C13H24N4O2/c1-2-10(12(14)18)17-7-3-4-11(17)13(19)16-8-5-15-6-9-16/h10-11,15H,2-9H2,1H3,(H2,14,18). The number of hydrogen-bond acceptors (Lipinski definition) is 4. The summed E-state index contributed by atoms with van der Waals surface area (Å²) in [6.07, 6.45) is 2.47. The second-order valence-corrected chi connectivity index (χ2v) is 5.30. The molecular weight excluding hydrogens is 244 g/mol. The van der Waals surface area contributed by atoms with Gasteiger partial charge >= 0.3 is 0 Å². The number of hydrogen-bond donors (Lipinski definition) is 2. The summed E-state index contributed by atoms with van der Waals surface area (Å²) in [7, 11) is 0. The highest BCUT2D eigenvalue weighted by Crippen LogP contribution is 2.23. The van der Waals surface area contributed by atoms with Crippen molar-refractivity contribution in [2.45, 2.75) is 38.3 Å². The second kappa shape index (κ2) is 6.34. The number of primary amides is 1. The summed E-state index contributed by atoms with van der Waals surface area (Å²) in [6.45, 7) is 5.97. The van der Waals surface area contributed by atoms with Gasteiger partial charge in [-0.25, -0.2) is 0 Å². The van der Waals surface area contributed by atoms with Gasteiger partial charge in [0.1, 0.15) is 0 Å². The molecule has 2 atom stereocenters. The summed E-state index contributed by atoms with van der Waals surface area (Å²) in [5.74, 6) is -0.152. The zero-order valence-electron chi connectivity index (χ0n) is 11.6. The smallest absolute Gasteiger partial charge is 0.240 e. The number of likely N-dealkylation sites (tertiary alicyclic amines) is 1. The van der Waals surface area contributed by atoms with Crippen molar-refractivity contribution in [2.24, 2.45) is 5.73 Å². The first kappa shape index (κ1) is 14.3. The van der Waals surface area contributed by atoms with Crippen LogP contribution in [0.2, 0.25) is 0 Å². The van der Waals surface area contributed by atoms with Crippen LogP contribution in [0.1, 0.15) is 26.2 Å². The van der Waals surface area contributed by atoms with Gasteiger partial charge in [0.15, 0.2) is 0 Å². The third-order valence-electron chi connectivity index (χ3n) is 4.12. The van der Waals surface area contributed by atoms with Gasteiger partial charge < -0.3 is 16.0 Å². The molecule has 2 saturated heterocycles. The van der Waals surface area contributed by atoms with Crippen LogP contribution in [-0.4, -0.2) is 66.4 Å². The molecule has 0 aromatic heterocycles. The third kappa shape index (κ3) is 3.06. The number of nitrogens with zero attached hydrogens (tertiary/aromatic N) is 2. The second-order valence-electron chi connectivity index (χ2n) is 5.30. The lowest BCUT2D eigenvalue weighted by Gasteiger charge is -2.35. The zero-order chi connectivity index (χ0) is 13.8. The minimum absolute atomic E-state index is 0.157. The van der Waals surface area contributed by atoms with E-state index in [4.69, 9.17) is 5.73 Å². The van der Waals surface area contributed by atoms with Gasteiger partial charge in [0, 0.05) is 26.2 Å². The number of rotatable bonds is 4. The molecule has 0 spiro atoms. The first-order valence-electron chi connectivity index (χ1n) is 7.19. The molecule has 6 heteroatoms. The topological polar surface area (TPSA) is 78.7 Å². The molecule has 0 bridgehead atoms. The number of amides is 2. The fraction of sp³-hybridized carbons (Fsp3) is 0.846. The monoisotopic (exact) mass is 268 g/mol. The van der Waals surface area contributed by atoms with Crippen molar-refractivity contribution in [3.8, 4) is 0 Å². The quantitative estimate of drug-likeness (QED) is 0.696. The minimum Gasteiger partial charge on any atom is -0.368 e. The SMILES string of the molecule is CCC(C(N)=O)N1CCCC1C(=O)N1CCNCC1. The van der Waals surface area contributed by atoms with Gasteiger partial charge in [-0.05, 0) is 25.8 Å². The van der Waals surface area contributed by atoms with Crippen molar-refractivity contribution in [1.29, 1.82) is 0 Å². The Morgan fingerprint density at radius 3 is 2.58 bits per heavy atom. The lowest BCUT2D eigenvalue weighted by atomic mass is 10.1. The van der Waals surface area contributed by atoms with Crippen molar-refractivity contribution in [3.05, 3.63) is 0 Å². The van der Waals surface area contributed by atoms with Crippen LogP contribution in [-0.2, 0) is 9.59 Å². The Labute approximate surface area is 114 Å².